The van der Waals surface area contributed by atoms with E-state index in [9.17, 15) is 0 Å². The number of hydrogen-bond donors (Lipinski definition) is 0. The van der Waals surface area contributed by atoms with E-state index in [0.29, 0.717) is 0 Å². The van der Waals surface area contributed by atoms with Crippen molar-refractivity contribution in [3.8, 4) is 0 Å². The van der Waals surface area contributed by atoms with Gasteiger partial charge in [-0.3, -0.25) is 0 Å². The molecule has 0 aromatic heterocycles. The molecule has 0 spiro atoms. The Kier molecular flexibility index (Phi) is 31.0. The van der Waals surface area contributed by atoms with Gasteiger partial charge in [-0.15, -0.1) is 0 Å². The molecule has 0 radical (unpaired) electrons. The molecule has 0 heterocycles. The summed E-state index contributed by atoms with van der Waals surface area (Å²) in [6, 6.07) is 0. The minimum Gasteiger partial charge on any atom is -0.0654 e. The van der Waals surface area contributed by atoms with Gasteiger partial charge in [0.05, 0.1) is 0 Å². The van der Waals surface area contributed by atoms with Crippen molar-refractivity contribution in [2.75, 3.05) is 0 Å². The van der Waals surface area contributed by atoms with Gasteiger partial charge in [-0.25, -0.2) is 0 Å². The van der Waals surface area contributed by atoms with E-state index in [4.69, 9.17) is 0 Å². The van der Waals surface area contributed by atoms with Crippen LogP contribution in [0.4, 0.5) is 0 Å². The fourth-order valence-corrected chi connectivity index (χ4v) is 5.66. The first-order valence-electron chi connectivity index (χ1n) is 16.8. The molecule has 0 N–H and O–H groups in total. The van der Waals surface area contributed by atoms with Crippen molar-refractivity contribution in [3.63, 3.8) is 0 Å². The summed E-state index contributed by atoms with van der Waals surface area (Å²) in [5, 5.41) is 0. The van der Waals surface area contributed by atoms with Crippen LogP contribution in [0.5, 0.6) is 0 Å². The highest BCUT2D eigenvalue weighted by Gasteiger charge is 2.08. The number of rotatable bonds is 30. The molecule has 0 saturated heterocycles. The fourth-order valence-electron chi connectivity index (χ4n) is 5.66. The van der Waals surface area contributed by atoms with Crippen LogP contribution in [0.15, 0.2) is 0 Å². The lowest BCUT2D eigenvalue weighted by atomic mass is 9.89. The van der Waals surface area contributed by atoms with E-state index in [1.807, 2.05) is 0 Å². The quantitative estimate of drug-likeness (QED) is 0.0900. The zero-order chi connectivity index (χ0) is 24.8. The van der Waals surface area contributed by atoms with E-state index in [1.165, 1.54) is 193 Å². The molecule has 0 nitrogen and oxygen atoms in total. The van der Waals surface area contributed by atoms with Crippen molar-refractivity contribution < 1.29 is 0 Å². The summed E-state index contributed by atoms with van der Waals surface area (Å²) in [6.45, 7) is 6.98. The van der Waals surface area contributed by atoms with Crippen LogP contribution < -0.4 is 0 Å². The summed E-state index contributed by atoms with van der Waals surface area (Å²) in [6.07, 6.45) is 44.3. The third-order valence-electron chi connectivity index (χ3n) is 8.15. The van der Waals surface area contributed by atoms with Crippen LogP contribution in [-0.2, 0) is 0 Å². The summed E-state index contributed by atoms with van der Waals surface area (Å²) in [5.74, 6) is 1.04. The topological polar surface area (TPSA) is 0 Å². The van der Waals surface area contributed by atoms with Gasteiger partial charge in [0.15, 0.2) is 0 Å². The highest BCUT2D eigenvalue weighted by molar-refractivity contribution is 4.62. The lowest BCUT2D eigenvalue weighted by Gasteiger charge is -2.17. The maximum atomic E-state index is 2.35. The van der Waals surface area contributed by atoms with Gasteiger partial charge >= 0.3 is 0 Å². The van der Waals surface area contributed by atoms with E-state index < -0.39 is 0 Å². The Morgan fingerprint density at radius 1 is 0.235 bits per heavy atom. The van der Waals surface area contributed by atoms with E-state index in [-0.39, 0.29) is 0 Å². The van der Waals surface area contributed by atoms with Crippen LogP contribution in [0.3, 0.4) is 0 Å². The van der Waals surface area contributed by atoms with Crippen LogP contribution in [0.25, 0.3) is 0 Å². The molecular formula is C34H70. The maximum Gasteiger partial charge on any atom is -0.0414 e. The summed E-state index contributed by atoms with van der Waals surface area (Å²) >= 11 is 0. The molecule has 0 aliphatic heterocycles. The molecule has 0 aliphatic carbocycles. The van der Waals surface area contributed by atoms with E-state index in [2.05, 4.69) is 20.8 Å². The highest BCUT2D eigenvalue weighted by Crippen LogP contribution is 2.24. The van der Waals surface area contributed by atoms with Crippen LogP contribution in [-0.4, -0.2) is 0 Å². The average molecular weight is 479 g/mol. The van der Waals surface area contributed by atoms with E-state index >= 15 is 0 Å². The summed E-state index contributed by atoms with van der Waals surface area (Å²) in [5.41, 5.74) is 0. The minimum absolute atomic E-state index is 1.04. The summed E-state index contributed by atoms with van der Waals surface area (Å²) < 4.78 is 0. The van der Waals surface area contributed by atoms with Crippen LogP contribution >= 0.6 is 0 Å². The Bertz CT molecular complexity index is 305. The number of hydrogen-bond acceptors (Lipinski definition) is 0. The SMILES string of the molecule is CCCCCCCCCCCCCCC(CCCCC)CCCCCCCCCCCCCC. The second kappa shape index (κ2) is 31.0. The second-order valence-electron chi connectivity index (χ2n) is 11.7. The van der Waals surface area contributed by atoms with Crippen molar-refractivity contribution in [2.24, 2.45) is 5.92 Å². The largest absolute Gasteiger partial charge is 0.0654 e. The Balaban J connectivity index is 3.58. The van der Waals surface area contributed by atoms with Gasteiger partial charge in [-0.1, -0.05) is 213 Å². The van der Waals surface area contributed by atoms with Gasteiger partial charge < -0.3 is 0 Å². The zero-order valence-corrected chi connectivity index (χ0v) is 24.8. The standard InChI is InChI=1S/C34H70/c1-4-7-10-12-14-16-18-20-22-24-26-29-32-34(31-28-9-6-3)33-30-27-25-23-21-19-17-15-13-11-8-5-2/h34H,4-33H2,1-3H3. The average Bonchev–Trinajstić information content (AvgIpc) is 2.85. The van der Waals surface area contributed by atoms with Crippen LogP contribution in [0.1, 0.15) is 213 Å². The smallest absolute Gasteiger partial charge is 0.0414 e. The molecule has 0 fully saturated rings. The zero-order valence-electron chi connectivity index (χ0n) is 24.8. The van der Waals surface area contributed by atoms with Crippen molar-refractivity contribution in [1.82, 2.24) is 0 Å². The van der Waals surface area contributed by atoms with Gasteiger partial charge in [0.25, 0.3) is 0 Å². The molecule has 0 unspecified atom stereocenters. The lowest BCUT2D eigenvalue weighted by molar-refractivity contribution is 0.367. The second-order valence-corrected chi connectivity index (χ2v) is 11.7. The van der Waals surface area contributed by atoms with Crippen molar-refractivity contribution in [2.45, 2.75) is 213 Å². The van der Waals surface area contributed by atoms with Gasteiger partial charge in [0.1, 0.15) is 0 Å². The molecule has 0 atom stereocenters. The Hall–Kier alpha value is 0. The predicted molar refractivity (Wildman–Crippen MR) is 159 cm³/mol. The molecule has 206 valence electrons. The molecule has 0 amide bonds. The first kappa shape index (κ1) is 34.0. The highest BCUT2D eigenvalue weighted by atomic mass is 14.1. The molecule has 0 aromatic rings. The molecule has 0 saturated carbocycles. The first-order valence-corrected chi connectivity index (χ1v) is 16.8. The van der Waals surface area contributed by atoms with Crippen LogP contribution in [0, 0.1) is 5.92 Å². The summed E-state index contributed by atoms with van der Waals surface area (Å²) in [7, 11) is 0. The van der Waals surface area contributed by atoms with Crippen molar-refractivity contribution >= 4 is 0 Å². The summed E-state index contributed by atoms with van der Waals surface area (Å²) in [4.78, 5) is 0. The van der Waals surface area contributed by atoms with Crippen molar-refractivity contribution in [3.05, 3.63) is 0 Å². The molecule has 0 rings (SSSR count). The van der Waals surface area contributed by atoms with Crippen LogP contribution in [0.2, 0.25) is 0 Å². The molecule has 0 bridgehead atoms. The Morgan fingerprint density at radius 3 is 0.676 bits per heavy atom. The van der Waals surface area contributed by atoms with E-state index in [0.717, 1.165) is 5.92 Å². The van der Waals surface area contributed by atoms with Gasteiger partial charge in [0, 0.05) is 0 Å². The number of unbranched alkanes of at least 4 members (excludes halogenated alkanes) is 24. The van der Waals surface area contributed by atoms with Gasteiger partial charge in [-0.05, 0) is 5.92 Å². The Morgan fingerprint density at radius 2 is 0.412 bits per heavy atom. The molecule has 34 heavy (non-hydrogen) atoms. The third-order valence-corrected chi connectivity index (χ3v) is 8.15. The van der Waals surface area contributed by atoms with Crippen molar-refractivity contribution in [1.29, 1.82) is 0 Å². The lowest BCUT2D eigenvalue weighted by Crippen LogP contribution is -2.01. The van der Waals surface area contributed by atoms with E-state index in [1.54, 1.807) is 0 Å². The molecule has 0 aliphatic rings. The molecule has 0 aromatic carbocycles. The Labute approximate surface area is 219 Å². The fraction of sp³-hybridized carbons (Fsp3) is 1.00. The minimum atomic E-state index is 1.04. The monoisotopic (exact) mass is 479 g/mol. The molecule has 0 heteroatoms. The predicted octanol–water partition coefficient (Wildman–Crippen LogP) is 13.4. The maximum absolute atomic E-state index is 2.35. The molecular weight excluding hydrogens is 408 g/mol. The first-order chi connectivity index (χ1) is 16.8. The van der Waals surface area contributed by atoms with Gasteiger partial charge in [0.2, 0.25) is 0 Å². The van der Waals surface area contributed by atoms with Gasteiger partial charge in [-0.2, -0.15) is 0 Å². The normalized spacial score (nSPS) is 11.6. The third kappa shape index (κ3) is 28.2.